The molecular formula is C21H24ClFN2O2. The first-order chi connectivity index (χ1) is 13.0. The summed E-state index contributed by atoms with van der Waals surface area (Å²) in [4.78, 5) is 25.5. The van der Waals surface area contributed by atoms with Crippen molar-refractivity contribution in [3.8, 4) is 0 Å². The van der Waals surface area contributed by atoms with Crippen molar-refractivity contribution in [2.45, 2.75) is 26.2 Å². The molecule has 0 aromatic heterocycles. The van der Waals surface area contributed by atoms with E-state index >= 15 is 0 Å². The molecule has 4 nitrogen and oxygen atoms in total. The Labute approximate surface area is 164 Å². The highest BCUT2D eigenvalue weighted by molar-refractivity contribution is 6.30. The number of amides is 2. The summed E-state index contributed by atoms with van der Waals surface area (Å²) >= 11 is 5.97. The van der Waals surface area contributed by atoms with Crippen LogP contribution in [0.25, 0.3) is 0 Å². The number of hydrogen-bond donors (Lipinski definition) is 1. The summed E-state index contributed by atoms with van der Waals surface area (Å²) in [5.74, 6) is -0.493. The fraction of sp³-hybridized carbons (Fsp3) is 0.333. The lowest BCUT2D eigenvalue weighted by Gasteiger charge is -2.21. The number of nitrogens with zero attached hydrogens (tertiary/aromatic N) is 1. The van der Waals surface area contributed by atoms with Crippen LogP contribution in [0.1, 0.15) is 24.5 Å². The molecule has 0 saturated carbocycles. The van der Waals surface area contributed by atoms with Crippen LogP contribution in [0, 0.1) is 5.82 Å². The van der Waals surface area contributed by atoms with E-state index in [2.05, 4.69) is 5.32 Å². The van der Waals surface area contributed by atoms with Crippen molar-refractivity contribution < 1.29 is 14.0 Å². The van der Waals surface area contributed by atoms with E-state index in [-0.39, 0.29) is 24.1 Å². The third-order valence-electron chi connectivity index (χ3n) is 4.29. The van der Waals surface area contributed by atoms with Gasteiger partial charge in [-0.2, -0.15) is 0 Å². The molecule has 0 bridgehead atoms. The van der Waals surface area contributed by atoms with Crippen LogP contribution in [-0.2, 0) is 22.4 Å². The van der Waals surface area contributed by atoms with Gasteiger partial charge in [-0.25, -0.2) is 4.39 Å². The van der Waals surface area contributed by atoms with Gasteiger partial charge >= 0.3 is 0 Å². The van der Waals surface area contributed by atoms with Crippen LogP contribution in [0.2, 0.25) is 5.02 Å². The maximum atomic E-state index is 13.5. The number of rotatable bonds is 9. The Hall–Kier alpha value is -2.40. The van der Waals surface area contributed by atoms with Gasteiger partial charge in [0.05, 0.1) is 0 Å². The summed E-state index contributed by atoms with van der Waals surface area (Å²) in [6.07, 6.45) is 1.32. The summed E-state index contributed by atoms with van der Waals surface area (Å²) in [6.45, 7) is 2.73. The average molecular weight is 391 g/mol. The molecule has 2 aromatic rings. The predicted octanol–water partition coefficient (Wildman–Crippen LogP) is 3.62. The largest absolute Gasteiger partial charge is 0.356 e. The van der Waals surface area contributed by atoms with Gasteiger partial charge in [-0.15, -0.1) is 0 Å². The van der Waals surface area contributed by atoms with Crippen LogP contribution in [-0.4, -0.2) is 36.3 Å². The molecule has 0 aliphatic carbocycles. The van der Waals surface area contributed by atoms with Gasteiger partial charge in [0.2, 0.25) is 11.8 Å². The van der Waals surface area contributed by atoms with E-state index in [0.29, 0.717) is 43.1 Å². The Morgan fingerprint density at radius 2 is 1.85 bits per heavy atom. The predicted molar refractivity (Wildman–Crippen MR) is 105 cm³/mol. The van der Waals surface area contributed by atoms with Crippen LogP contribution in [0.5, 0.6) is 0 Å². The first kappa shape index (κ1) is 20.9. The highest BCUT2D eigenvalue weighted by Gasteiger charge is 2.11. The smallest absolute Gasteiger partial charge is 0.221 e. The van der Waals surface area contributed by atoms with E-state index in [9.17, 15) is 14.0 Å². The first-order valence-corrected chi connectivity index (χ1v) is 9.33. The standard InChI is InChI=1S/C21H24ClFN2O2/c1-16(26)25(13-10-17-5-4-7-19(22)15-17)14-11-21(27)24-12-9-18-6-2-3-8-20(18)23/h2-8,15H,9-14H2,1H3,(H,24,27). The second-order valence-corrected chi connectivity index (χ2v) is 6.76. The van der Waals surface area contributed by atoms with Crippen LogP contribution >= 0.6 is 11.6 Å². The number of hydrogen-bond acceptors (Lipinski definition) is 2. The van der Waals surface area contributed by atoms with E-state index in [1.165, 1.54) is 13.0 Å². The number of benzene rings is 2. The van der Waals surface area contributed by atoms with Crippen molar-refractivity contribution in [2.24, 2.45) is 0 Å². The third-order valence-corrected chi connectivity index (χ3v) is 4.52. The quantitative estimate of drug-likeness (QED) is 0.711. The topological polar surface area (TPSA) is 49.4 Å². The normalized spacial score (nSPS) is 10.5. The monoisotopic (exact) mass is 390 g/mol. The second kappa shape index (κ2) is 10.7. The number of carbonyl (C=O) groups excluding carboxylic acids is 2. The maximum absolute atomic E-state index is 13.5. The maximum Gasteiger partial charge on any atom is 0.221 e. The van der Waals surface area contributed by atoms with Crippen molar-refractivity contribution in [1.82, 2.24) is 10.2 Å². The van der Waals surface area contributed by atoms with Gasteiger partial charge in [-0.3, -0.25) is 9.59 Å². The van der Waals surface area contributed by atoms with Gasteiger partial charge in [-0.1, -0.05) is 41.9 Å². The van der Waals surface area contributed by atoms with Crippen LogP contribution in [0.4, 0.5) is 4.39 Å². The van der Waals surface area contributed by atoms with E-state index in [4.69, 9.17) is 11.6 Å². The molecule has 6 heteroatoms. The van der Waals surface area contributed by atoms with E-state index in [0.717, 1.165) is 5.56 Å². The molecule has 0 spiro atoms. The molecule has 2 amide bonds. The molecule has 144 valence electrons. The highest BCUT2D eigenvalue weighted by atomic mass is 35.5. The lowest BCUT2D eigenvalue weighted by atomic mass is 10.1. The molecule has 27 heavy (non-hydrogen) atoms. The average Bonchev–Trinajstić information content (AvgIpc) is 2.63. The first-order valence-electron chi connectivity index (χ1n) is 8.96. The fourth-order valence-corrected chi connectivity index (χ4v) is 2.96. The minimum absolute atomic E-state index is 0.0730. The zero-order chi connectivity index (χ0) is 19.6. The molecule has 1 N–H and O–H groups in total. The zero-order valence-corrected chi connectivity index (χ0v) is 16.1. The van der Waals surface area contributed by atoms with Crippen molar-refractivity contribution in [3.05, 3.63) is 70.5 Å². The SMILES string of the molecule is CC(=O)N(CCC(=O)NCCc1ccccc1F)CCc1cccc(Cl)c1. The third kappa shape index (κ3) is 7.39. The molecule has 0 aliphatic heterocycles. The molecule has 0 fully saturated rings. The summed E-state index contributed by atoms with van der Waals surface area (Å²) in [5, 5.41) is 3.44. The Kier molecular flexibility index (Phi) is 8.27. The summed E-state index contributed by atoms with van der Waals surface area (Å²) in [7, 11) is 0. The van der Waals surface area contributed by atoms with Crippen molar-refractivity contribution >= 4 is 23.4 Å². The van der Waals surface area contributed by atoms with E-state index in [1.54, 1.807) is 29.2 Å². The highest BCUT2D eigenvalue weighted by Crippen LogP contribution is 2.12. The van der Waals surface area contributed by atoms with Crippen LogP contribution < -0.4 is 5.32 Å². The van der Waals surface area contributed by atoms with Crippen molar-refractivity contribution in [1.29, 1.82) is 0 Å². The lowest BCUT2D eigenvalue weighted by molar-refractivity contribution is -0.129. The molecule has 0 atom stereocenters. The minimum Gasteiger partial charge on any atom is -0.356 e. The molecule has 0 saturated heterocycles. The fourth-order valence-electron chi connectivity index (χ4n) is 2.75. The van der Waals surface area contributed by atoms with Crippen molar-refractivity contribution in [3.63, 3.8) is 0 Å². The van der Waals surface area contributed by atoms with Gasteiger partial charge in [-0.05, 0) is 42.2 Å². The summed E-state index contributed by atoms with van der Waals surface area (Å²) in [5.41, 5.74) is 1.62. The second-order valence-electron chi connectivity index (χ2n) is 6.33. The summed E-state index contributed by atoms with van der Waals surface area (Å²) < 4.78 is 13.5. The minimum atomic E-state index is -0.268. The number of nitrogens with one attached hydrogen (secondary N) is 1. The molecule has 2 aromatic carbocycles. The number of carbonyl (C=O) groups is 2. The van der Waals surface area contributed by atoms with E-state index in [1.807, 2.05) is 18.2 Å². The molecule has 0 heterocycles. The van der Waals surface area contributed by atoms with Gasteiger partial charge in [0.1, 0.15) is 5.82 Å². The molecular weight excluding hydrogens is 367 g/mol. The Bertz CT molecular complexity index is 782. The molecule has 0 unspecified atom stereocenters. The Balaban J connectivity index is 1.73. The van der Waals surface area contributed by atoms with Gasteiger partial charge in [0.15, 0.2) is 0 Å². The Morgan fingerprint density at radius 3 is 2.56 bits per heavy atom. The van der Waals surface area contributed by atoms with Crippen LogP contribution in [0.3, 0.4) is 0 Å². The molecule has 0 radical (unpaired) electrons. The van der Waals surface area contributed by atoms with Crippen molar-refractivity contribution in [2.75, 3.05) is 19.6 Å². The Morgan fingerprint density at radius 1 is 1.07 bits per heavy atom. The number of halogens is 2. The zero-order valence-electron chi connectivity index (χ0n) is 15.4. The summed E-state index contributed by atoms with van der Waals surface area (Å²) in [6, 6.07) is 14.0. The molecule has 2 rings (SSSR count). The van der Waals surface area contributed by atoms with Gasteiger partial charge in [0.25, 0.3) is 0 Å². The van der Waals surface area contributed by atoms with Gasteiger partial charge < -0.3 is 10.2 Å². The van der Waals surface area contributed by atoms with Crippen LogP contribution in [0.15, 0.2) is 48.5 Å². The molecule has 0 aliphatic rings. The van der Waals surface area contributed by atoms with E-state index < -0.39 is 0 Å². The van der Waals surface area contributed by atoms with Gasteiger partial charge in [0, 0.05) is 38.0 Å². The lowest BCUT2D eigenvalue weighted by Crippen LogP contribution is -2.35.